The van der Waals surface area contributed by atoms with Crippen molar-refractivity contribution in [2.24, 2.45) is 29.1 Å². The quantitative estimate of drug-likeness (QED) is 0.440. The first-order valence-corrected chi connectivity index (χ1v) is 13.0. The number of allylic oxidation sites excluding steroid dienone is 1. The molecular formula is C27H36O8. The van der Waals surface area contributed by atoms with Crippen LogP contribution in [-0.4, -0.2) is 68.5 Å². The van der Waals surface area contributed by atoms with Crippen LogP contribution >= 0.6 is 0 Å². The van der Waals surface area contributed by atoms with Gasteiger partial charge in [-0.2, -0.15) is 0 Å². The normalized spacial score (nSPS) is 49.3. The molecule has 4 fully saturated rings. The fourth-order valence-electron chi connectivity index (χ4n) is 8.49. The van der Waals surface area contributed by atoms with Gasteiger partial charge in [0.1, 0.15) is 23.9 Å². The molecule has 0 amide bonds. The first kappa shape index (κ1) is 24.9. The van der Waals surface area contributed by atoms with Gasteiger partial charge in [0.25, 0.3) is 0 Å². The summed E-state index contributed by atoms with van der Waals surface area (Å²) < 4.78 is 11.8. The SMILES string of the molecule is C#C[C@@]1(OC2OC(C(=O)O)C(O)C(O)C2O)CC[C@@H]2[C@H]3CCC4=CC(=O)CC[C@H]4[C@@H]3CC[C@]21CC. The van der Waals surface area contributed by atoms with Crippen molar-refractivity contribution >= 4 is 11.8 Å². The van der Waals surface area contributed by atoms with E-state index in [-0.39, 0.29) is 11.2 Å². The third-order valence-corrected chi connectivity index (χ3v) is 10.1. The second kappa shape index (κ2) is 8.97. The zero-order chi connectivity index (χ0) is 25.1. The van der Waals surface area contributed by atoms with E-state index in [1.165, 1.54) is 5.57 Å². The molecule has 4 N–H and O–H groups in total. The lowest BCUT2D eigenvalue weighted by Crippen LogP contribution is -2.63. The zero-order valence-electron chi connectivity index (χ0n) is 20.1. The molecule has 0 bridgehead atoms. The number of ketones is 1. The number of carbonyl (C=O) groups excluding carboxylic acids is 1. The maximum atomic E-state index is 12.0. The van der Waals surface area contributed by atoms with Crippen LogP contribution in [0.2, 0.25) is 0 Å². The van der Waals surface area contributed by atoms with Gasteiger partial charge in [-0.1, -0.05) is 18.4 Å². The van der Waals surface area contributed by atoms with E-state index in [0.717, 1.165) is 44.9 Å². The largest absolute Gasteiger partial charge is 0.479 e. The van der Waals surface area contributed by atoms with E-state index in [1.807, 2.05) is 6.08 Å². The number of terminal acetylenes is 1. The Morgan fingerprint density at radius 3 is 2.57 bits per heavy atom. The Labute approximate surface area is 205 Å². The number of hydrogen-bond acceptors (Lipinski definition) is 7. The van der Waals surface area contributed by atoms with Crippen molar-refractivity contribution in [2.75, 3.05) is 0 Å². The van der Waals surface area contributed by atoms with Crippen LogP contribution in [0.5, 0.6) is 0 Å². The summed E-state index contributed by atoms with van der Waals surface area (Å²) in [7, 11) is 0. The molecule has 11 atom stereocenters. The van der Waals surface area contributed by atoms with Crippen molar-refractivity contribution in [3.05, 3.63) is 11.6 Å². The average Bonchev–Trinajstić information content (AvgIpc) is 3.18. The van der Waals surface area contributed by atoms with Gasteiger partial charge in [0.05, 0.1) is 0 Å². The third-order valence-electron chi connectivity index (χ3n) is 10.1. The predicted molar refractivity (Wildman–Crippen MR) is 124 cm³/mol. The molecule has 192 valence electrons. The Kier molecular flexibility index (Phi) is 6.38. The Morgan fingerprint density at radius 1 is 1.11 bits per heavy atom. The summed E-state index contributed by atoms with van der Waals surface area (Å²) in [5, 5.41) is 40.4. The number of aliphatic hydroxyl groups is 3. The summed E-state index contributed by atoms with van der Waals surface area (Å²) in [6.07, 6.45) is 7.23. The van der Waals surface area contributed by atoms with Crippen LogP contribution in [-0.2, 0) is 19.1 Å². The molecule has 0 aromatic carbocycles. The van der Waals surface area contributed by atoms with Crippen molar-refractivity contribution in [1.82, 2.24) is 0 Å². The molecule has 5 aliphatic rings. The summed E-state index contributed by atoms with van der Waals surface area (Å²) >= 11 is 0. The van der Waals surface area contributed by atoms with E-state index >= 15 is 0 Å². The van der Waals surface area contributed by atoms with Crippen LogP contribution in [0, 0.1) is 41.4 Å². The minimum atomic E-state index is -1.78. The number of ether oxygens (including phenoxy) is 2. The monoisotopic (exact) mass is 488 g/mol. The lowest BCUT2D eigenvalue weighted by molar-refractivity contribution is -0.326. The maximum Gasteiger partial charge on any atom is 0.335 e. The molecule has 0 spiro atoms. The van der Waals surface area contributed by atoms with Crippen molar-refractivity contribution in [3.8, 4) is 12.3 Å². The van der Waals surface area contributed by atoms with Crippen LogP contribution < -0.4 is 0 Å². The van der Waals surface area contributed by atoms with Crippen molar-refractivity contribution < 1.29 is 39.5 Å². The van der Waals surface area contributed by atoms with Gasteiger partial charge >= 0.3 is 5.97 Å². The first-order valence-electron chi connectivity index (χ1n) is 13.0. The highest BCUT2D eigenvalue weighted by molar-refractivity contribution is 5.91. The Bertz CT molecular complexity index is 953. The predicted octanol–water partition coefficient (Wildman–Crippen LogP) is 1.80. The van der Waals surface area contributed by atoms with Crippen molar-refractivity contribution in [3.63, 3.8) is 0 Å². The van der Waals surface area contributed by atoms with E-state index in [1.54, 1.807) is 0 Å². The number of rotatable bonds is 4. The summed E-state index contributed by atoms with van der Waals surface area (Å²) in [5.41, 5.74) is -0.126. The van der Waals surface area contributed by atoms with E-state index in [0.29, 0.717) is 36.5 Å². The summed E-state index contributed by atoms with van der Waals surface area (Å²) in [5.74, 6) is 3.46. The highest BCUT2D eigenvalue weighted by Gasteiger charge is 2.66. The molecule has 1 aliphatic heterocycles. The molecule has 1 heterocycles. The molecule has 4 aliphatic carbocycles. The molecule has 8 nitrogen and oxygen atoms in total. The summed E-state index contributed by atoms with van der Waals surface area (Å²) in [6.45, 7) is 2.11. The first-order chi connectivity index (χ1) is 16.7. The van der Waals surface area contributed by atoms with E-state index < -0.39 is 42.3 Å². The highest BCUT2D eigenvalue weighted by atomic mass is 16.7. The number of carboxylic acids is 1. The average molecular weight is 489 g/mol. The van der Waals surface area contributed by atoms with Gasteiger partial charge in [0.15, 0.2) is 18.2 Å². The maximum absolute atomic E-state index is 12.0. The van der Waals surface area contributed by atoms with Crippen LogP contribution in [0.25, 0.3) is 0 Å². The number of carboxylic acid groups (broad SMARTS) is 1. The minimum absolute atomic E-state index is 0.243. The fraction of sp³-hybridized carbons (Fsp3) is 0.778. The molecule has 0 aromatic rings. The lowest BCUT2D eigenvalue weighted by atomic mass is 9.49. The second-order valence-electron chi connectivity index (χ2n) is 11.2. The Morgan fingerprint density at radius 2 is 1.89 bits per heavy atom. The molecule has 1 saturated heterocycles. The van der Waals surface area contributed by atoms with Crippen LogP contribution in [0.15, 0.2) is 11.6 Å². The lowest BCUT2D eigenvalue weighted by Gasteiger charge is -2.57. The molecule has 5 rings (SSSR count). The Balaban J connectivity index is 1.43. The van der Waals surface area contributed by atoms with E-state index in [9.17, 15) is 30.0 Å². The molecule has 5 unspecified atom stereocenters. The standard InChI is InChI=1S/C27H36O8/c1-3-26-11-9-17-16-8-6-15(28)13-14(16)5-7-18(17)19(26)10-12-27(26,4-2)35-25-22(31)20(29)21(30)23(34-25)24(32)33/h2,13,16-23,25,29-31H,3,5-12H2,1H3,(H,32,33)/t16-,17+,18+,19-,20?,21?,22?,23?,25?,26-,27-/m1/s1. The van der Waals surface area contributed by atoms with Crippen LogP contribution in [0.1, 0.15) is 64.7 Å². The minimum Gasteiger partial charge on any atom is -0.479 e. The highest BCUT2D eigenvalue weighted by Crippen LogP contribution is 2.67. The fourth-order valence-corrected chi connectivity index (χ4v) is 8.49. The zero-order valence-corrected chi connectivity index (χ0v) is 20.1. The van der Waals surface area contributed by atoms with Gasteiger partial charge in [0, 0.05) is 11.8 Å². The molecule has 8 heteroatoms. The van der Waals surface area contributed by atoms with Gasteiger partial charge < -0.3 is 29.9 Å². The number of hydrogen-bond donors (Lipinski definition) is 4. The smallest absolute Gasteiger partial charge is 0.335 e. The molecule has 3 saturated carbocycles. The Hall–Kier alpha value is -1.76. The van der Waals surface area contributed by atoms with Crippen LogP contribution in [0.3, 0.4) is 0 Å². The van der Waals surface area contributed by atoms with Gasteiger partial charge in [0.2, 0.25) is 0 Å². The van der Waals surface area contributed by atoms with E-state index in [2.05, 4.69) is 12.8 Å². The van der Waals surface area contributed by atoms with Crippen LogP contribution in [0.4, 0.5) is 0 Å². The topological polar surface area (TPSA) is 134 Å². The molecular weight excluding hydrogens is 452 g/mol. The van der Waals surface area contributed by atoms with Gasteiger partial charge in [-0.25, -0.2) is 4.79 Å². The molecule has 0 aromatic heterocycles. The molecule has 35 heavy (non-hydrogen) atoms. The number of carbonyl (C=O) groups is 2. The second-order valence-corrected chi connectivity index (χ2v) is 11.2. The van der Waals surface area contributed by atoms with Gasteiger partial charge in [-0.15, -0.1) is 6.42 Å². The summed E-state index contributed by atoms with van der Waals surface area (Å²) in [4.78, 5) is 23.6. The number of fused-ring (bicyclic) bond motifs is 5. The number of aliphatic hydroxyl groups excluding tert-OH is 3. The van der Waals surface area contributed by atoms with Crippen molar-refractivity contribution in [1.29, 1.82) is 0 Å². The van der Waals surface area contributed by atoms with Crippen molar-refractivity contribution in [2.45, 2.75) is 101 Å². The van der Waals surface area contributed by atoms with Gasteiger partial charge in [-0.05, 0) is 81.1 Å². The van der Waals surface area contributed by atoms with Gasteiger partial charge in [-0.3, -0.25) is 4.79 Å². The third kappa shape index (κ3) is 3.62. The summed E-state index contributed by atoms with van der Waals surface area (Å²) in [6, 6.07) is 0. The molecule has 0 radical (unpaired) electrons. The number of aliphatic carboxylic acids is 1. The van der Waals surface area contributed by atoms with E-state index in [4.69, 9.17) is 15.9 Å².